The molecule has 0 radical (unpaired) electrons. The van der Waals surface area contributed by atoms with Gasteiger partial charge in [-0.2, -0.15) is 0 Å². The third kappa shape index (κ3) is 3.09. The molecule has 3 nitrogen and oxygen atoms in total. The largest absolute Gasteiger partial charge is 0.311 e. The summed E-state index contributed by atoms with van der Waals surface area (Å²) in [6.45, 7) is 13.1. The van der Waals surface area contributed by atoms with Crippen molar-refractivity contribution in [1.29, 1.82) is 0 Å². The van der Waals surface area contributed by atoms with E-state index in [2.05, 4.69) is 55.0 Å². The van der Waals surface area contributed by atoms with Gasteiger partial charge in [0.25, 0.3) is 0 Å². The lowest BCUT2D eigenvalue weighted by Crippen LogP contribution is -2.51. The van der Waals surface area contributed by atoms with Gasteiger partial charge in [0.15, 0.2) is 0 Å². The van der Waals surface area contributed by atoms with E-state index < -0.39 is 0 Å². The standard InChI is InChI=1S/C15H27N3/c1-7-18(8-2)15(4,5)14(16-6)13-10-9-12(3)17-11-13/h9-11,14,16H,7-8H2,1-6H3. The Kier molecular flexibility index (Phi) is 5.29. The van der Waals surface area contributed by atoms with E-state index >= 15 is 0 Å². The molecule has 0 bridgehead atoms. The van der Waals surface area contributed by atoms with E-state index in [4.69, 9.17) is 0 Å². The number of rotatable bonds is 6. The number of pyridine rings is 1. The Morgan fingerprint density at radius 2 is 1.89 bits per heavy atom. The highest BCUT2D eigenvalue weighted by atomic mass is 15.2. The zero-order valence-corrected chi connectivity index (χ0v) is 12.6. The molecule has 1 N–H and O–H groups in total. The van der Waals surface area contributed by atoms with Crippen LogP contribution in [-0.2, 0) is 0 Å². The van der Waals surface area contributed by atoms with Crippen LogP contribution in [-0.4, -0.2) is 35.6 Å². The predicted octanol–water partition coefficient (Wildman–Crippen LogP) is 2.77. The maximum Gasteiger partial charge on any atom is 0.0514 e. The smallest absolute Gasteiger partial charge is 0.0514 e. The van der Waals surface area contributed by atoms with Gasteiger partial charge in [-0.1, -0.05) is 19.9 Å². The van der Waals surface area contributed by atoms with Crippen molar-refractivity contribution in [3.8, 4) is 0 Å². The molecule has 0 aliphatic rings. The number of aryl methyl sites for hydroxylation is 1. The van der Waals surface area contributed by atoms with Crippen LogP contribution in [0.15, 0.2) is 18.3 Å². The molecule has 1 aromatic heterocycles. The minimum absolute atomic E-state index is 0.0647. The first-order chi connectivity index (χ1) is 8.47. The summed E-state index contributed by atoms with van der Waals surface area (Å²) in [6, 6.07) is 4.54. The van der Waals surface area contributed by atoms with E-state index in [1.807, 2.05) is 20.2 Å². The highest BCUT2D eigenvalue weighted by Crippen LogP contribution is 2.30. The van der Waals surface area contributed by atoms with Crippen LogP contribution in [0.2, 0.25) is 0 Å². The van der Waals surface area contributed by atoms with Gasteiger partial charge in [-0.25, -0.2) is 0 Å². The maximum absolute atomic E-state index is 4.41. The van der Waals surface area contributed by atoms with Crippen molar-refractivity contribution in [3.63, 3.8) is 0 Å². The summed E-state index contributed by atoms with van der Waals surface area (Å²) < 4.78 is 0. The van der Waals surface area contributed by atoms with Gasteiger partial charge >= 0.3 is 0 Å². The van der Waals surface area contributed by atoms with Crippen LogP contribution in [0.4, 0.5) is 0 Å². The normalized spacial score (nSPS) is 13.9. The molecule has 1 unspecified atom stereocenters. The molecule has 1 rings (SSSR count). The van der Waals surface area contributed by atoms with E-state index in [1.165, 1.54) is 5.56 Å². The highest BCUT2D eigenvalue weighted by molar-refractivity contribution is 5.21. The average molecular weight is 249 g/mol. The average Bonchev–Trinajstić information content (AvgIpc) is 2.33. The lowest BCUT2D eigenvalue weighted by molar-refractivity contribution is 0.0943. The molecular formula is C15H27N3. The third-order valence-corrected chi connectivity index (χ3v) is 3.84. The van der Waals surface area contributed by atoms with Gasteiger partial charge in [0, 0.05) is 17.4 Å². The van der Waals surface area contributed by atoms with Crippen molar-refractivity contribution in [2.75, 3.05) is 20.1 Å². The molecule has 0 aromatic carbocycles. The molecule has 0 saturated heterocycles. The first-order valence-electron chi connectivity index (χ1n) is 6.82. The van der Waals surface area contributed by atoms with Crippen molar-refractivity contribution in [1.82, 2.24) is 15.2 Å². The third-order valence-electron chi connectivity index (χ3n) is 3.84. The molecule has 0 fully saturated rings. The summed E-state index contributed by atoms with van der Waals surface area (Å²) in [7, 11) is 2.02. The number of nitrogens with zero attached hydrogens (tertiary/aromatic N) is 2. The summed E-state index contributed by atoms with van der Waals surface area (Å²) in [5, 5.41) is 3.45. The molecule has 0 spiro atoms. The Hall–Kier alpha value is -0.930. The SMILES string of the molecule is CCN(CC)C(C)(C)C(NC)c1ccc(C)nc1. The van der Waals surface area contributed by atoms with Crippen LogP contribution in [0, 0.1) is 6.92 Å². The summed E-state index contributed by atoms with van der Waals surface area (Å²) >= 11 is 0. The monoisotopic (exact) mass is 249 g/mol. The van der Waals surface area contributed by atoms with Crippen LogP contribution in [0.3, 0.4) is 0 Å². The van der Waals surface area contributed by atoms with Crippen molar-refractivity contribution < 1.29 is 0 Å². The Bertz CT molecular complexity index is 353. The Balaban J connectivity index is 3.04. The summed E-state index contributed by atoms with van der Waals surface area (Å²) in [5.41, 5.74) is 2.38. The fourth-order valence-electron chi connectivity index (χ4n) is 2.80. The number of hydrogen-bond donors (Lipinski definition) is 1. The zero-order valence-electron chi connectivity index (χ0n) is 12.6. The molecule has 102 valence electrons. The second-order valence-corrected chi connectivity index (χ2v) is 5.28. The van der Waals surface area contributed by atoms with Gasteiger partial charge in [0.1, 0.15) is 0 Å². The van der Waals surface area contributed by atoms with E-state index in [9.17, 15) is 0 Å². The number of hydrogen-bond acceptors (Lipinski definition) is 3. The van der Waals surface area contributed by atoms with Crippen LogP contribution < -0.4 is 5.32 Å². The van der Waals surface area contributed by atoms with Crippen molar-refractivity contribution >= 4 is 0 Å². The summed E-state index contributed by atoms with van der Waals surface area (Å²) in [6.07, 6.45) is 1.99. The fourth-order valence-corrected chi connectivity index (χ4v) is 2.80. The molecule has 1 aromatic rings. The summed E-state index contributed by atoms with van der Waals surface area (Å²) in [4.78, 5) is 6.89. The van der Waals surface area contributed by atoms with Crippen LogP contribution in [0.1, 0.15) is 45.0 Å². The van der Waals surface area contributed by atoms with Gasteiger partial charge in [0.2, 0.25) is 0 Å². The molecule has 0 aliphatic heterocycles. The lowest BCUT2D eigenvalue weighted by atomic mass is 9.87. The zero-order chi connectivity index (χ0) is 13.8. The van der Waals surface area contributed by atoms with Gasteiger partial charge in [0.05, 0.1) is 6.04 Å². The second kappa shape index (κ2) is 6.30. The molecule has 1 atom stereocenters. The molecule has 3 heteroatoms. The Morgan fingerprint density at radius 1 is 1.28 bits per heavy atom. The van der Waals surface area contributed by atoms with Gasteiger partial charge in [-0.3, -0.25) is 9.88 Å². The lowest BCUT2D eigenvalue weighted by Gasteiger charge is -2.43. The van der Waals surface area contributed by atoms with Gasteiger partial charge in [-0.05, 0) is 52.5 Å². The van der Waals surface area contributed by atoms with Crippen molar-refractivity contribution in [3.05, 3.63) is 29.6 Å². The van der Waals surface area contributed by atoms with Crippen molar-refractivity contribution in [2.24, 2.45) is 0 Å². The van der Waals surface area contributed by atoms with E-state index in [0.717, 1.165) is 18.8 Å². The second-order valence-electron chi connectivity index (χ2n) is 5.28. The Morgan fingerprint density at radius 3 is 2.28 bits per heavy atom. The maximum atomic E-state index is 4.41. The topological polar surface area (TPSA) is 28.2 Å². The van der Waals surface area contributed by atoms with Gasteiger partial charge < -0.3 is 5.32 Å². The van der Waals surface area contributed by atoms with Crippen LogP contribution in [0.25, 0.3) is 0 Å². The Labute approximate surface area is 112 Å². The molecule has 18 heavy (non-hydrogen) atoms. The van der Waals surface area contributed by atoms with Crippen LogP contribution >= 0.6 is 0 Å². The van der Waals surface area contributed by atoms with Crippen molar-refractivity contribution in [2.45, 2.75) is 46.2 Å². The minimum atomic E-state index is 0.0647. The molecule has 1 heterocycles. The summed E-state index contributed by atoms with van der Waals surface area (Å²) in [5.74, 6) is 0. The van der Waals surface area contributed by atoms with Gasteiger partial charge in [-0.15, -0.1) is 0 Å². The highest BCUT2D eigenvalue weighted by Gasteiger charge is 2.34. The van der Waals surface area contributed by atoms with Crippen LogP contribution in [0.5, 0.6) is 0 Å². The first-order valence-corrected chi connectivity index (χ1v) is 6.82. The molecule has 0 amide bonds. The van der Waals surface area contributed by atoms with E-state index in [0.29, 0.717) is 0 Å². The fraction of sp³-hybridized carbons (Fsp3) is 0.667. The number of nitrogens with one attached hydrogen (secondary N) is 1. The van der Waals surface area contributed by atoms with E-state index in [1.54, 1.807) is 0 Å². The minimum Gasteiger partial charge on any atom is -0.311 e. The quantitative estimate of drug-likeness (QED) is 0.840. The first kappa shape index (κ1) is 15.1. The molecule has 0 aliphatic carbocycles. The molecule has 0 saturated carbocycles. The number of likely N-dealkylation sites (N-methyl/N-ethyl adjacent to an activating group) is 2. The molecular weight excluding hydrogens is 222 g/mol. The predicted molar refractivity (Wildman–Crippen MR) is 77.8 cm³/mol. The number of aromatic nitrogens is 1. The van der Waals surface area contributed by atoms with E-state index in [-0.39, 0.29) is 11.6 Å².